The molecular formula is C22H29N3O4. The van der Waals surface area contributed by atoms with Crippen LogP contribution >= 0.6 is 0 Å². The Morgan fingerprint density at radius 2 is 2.03 bits per heavy atom. The molecule has 0 unspecified atom stereocenters. The van der Waals surface area contributed by atoms with Gasteiger partial charge in [0.05, 0.1) is 6.20 Å². The van der Waals surface area contributed by atoms with Crippen molar-refractivity contribution in [3.8, 4) is 11.3 Å². The third-order valence-corrected chi connectivity index (χ3v) is 3.96. The Bertz CT molecular complexity index is 851. The summed E-state index contributed by atoms with van der Waals surface area (Å²) in [5, 5.41) is 5.55. The van der Waals surface area contributed by atoms with Crippen LogP contribution in [0.15, 0.2) is 41.8 Å². The normalized spacial score (nSPS) is 12.3. The maximum Gasteiger partial charge on any atom is 0.408 e. The molecule has 1 heterocycles. The molecule has 0 radical (unpaired) electrons. The molecule has 0 fully saturated rings. The Labute approximate surface area is 171 Å². The van der Waals surface area contributed by atoms with Gasteiger partial charge >= 0.3 is 6.09 Å². The van der Waals surface area contributed by atoms with E-state index in [9.17, 15) is 9.59 Å². The monoisotopic (exact) mass is 399 g/mol. The molecule has 2 N–H and O–H groups in total. The van der Waals surface area contributed by atoms with E-state index in [1.165, 1.54) is 6.39 Å². The van der Waals surface area contributed by atoms with Crippen LogP contribution in [-0.2, 0) is 9.53 Å². The summed E-state index contributed by atoms with van der Waals surface area (Å²) in [4.78, 5) is 29.0. The number of amides is 2. The van der Waals surface area contributed by atoms with Crippen molar-refractivity contribution in [2.45, 2.75) is 52.7 Å². The lowest BCUT2D eigenvalue weighted by Gasteiger charge is -2.24. The Balaban J connectivity index is 2.17. The van der Waals surface area contributed by atoms with Gasteiger partial charge in [0.1, 0.15) is 11.6 Å². The average Bonchev–Trinajstić information content (AvgIpc) is 3.14. The summed E-state index contributed by atoms with van der Waals surface area (Å²) < 4.78 is 10.6. The summed E-state index contributed by atoms with van der Waals surface area (Å²) in [5.74, 6) is 0.503. The van der Waals surface area contributed by atoms with Gasteiger partial charge in [-0.05, 0) is 56.9 Å². The first kappa shape index (κ1) is 22.2. The molecule has 1 aromatic heterocycles. The number of oxazole rings is 1. The van der Waals surface area contributed by atoms with Gasteiger partial charge in [0.15, 0.2) is 12.2 Å². The summed E-state index contributed by atoms with van der Waals surface area (Å²) in [6, 6.07) is 4.72. The van der Waals surface area contributed by atoms with Crippen LogP contribution in [0.5, 0.6) is 0 Å². The van der Waals surface area contributed by atoms with E-state index in [0.29, 0.717) is 17.9 Å². The second-order valence-electron chi connectivity index (χ2n) is 8.19. The molecule has 156 valence electrons. The minimum absolute atomic E-state index is 0.202. The second-order valence-corrected chi connectivity index (χ2v) is 8.19. The number of anilines is 1. The summed E-state index contributed by atoms with van der Waals surface area (Å²) in [6.07, 6.45) is 4.48. The number of alkyl carbamates (subject to hydrolysis) is 1. The first-order valence-electron chi connectivity index (χ1n) is 9.54. The van der Waals surface area contributed by atoms with Crippen LogP contribution in [0.25, 0.3) is 17.4 Å². The van der Waals surface area contributed by atoms with E-state index in [0.717, 1.165) is 11.1 Å². The molecule has 0 aliphatic rings. The fourth-order valence-corrected chi connectivity index (χ4v) is 2.73. The first-order valence-corrected chi connectivity index (χ1v) is 9.54. The molecule has 0 aliphatic heterocycles. The number of hydrogen-bond acceptors (Lipinski definition) is 5. The average molecular weight is 399 g/mol. The van der Waals surface area contributed by atoms with Gasteiger partial charge < -0.3 is 19.8 Å². The summed E-state index contributed by atoms with van der Waals surface area (Å²) in [6.45, 7) is 13.1. The number of rotatable bonds is 7. The number of nitrogens with one attached hydrogen (secondary N) is 2. The topological polar surface area (TPSA) is 93.5 Å². The number of hydrogen-bond donors (Lipinski definition) is 2. The zero-order chi connectivity index (χ0) is 21.6. The minimum Gasteiger partial charge on any atom is -0.444 e. The highest BCUT2D eigenvalue weighted by molar-refractivity contribution is 5.98. The van der Waals surface area contributed by atoms with Crippen molar-refractivity contribution in [3.05, 3.63) is 42.9 Å². The third-order valence-electron chi connectivity index (χ3n) is 3.96. The zero-order valence-electron chi connectivity index (χ0n) is 17.6. The maximum absolute atomic E-state index is 12.9. The van der Waals surface area contributed by atoms with Crippen LogP contribution < -0.4 is 10.6 Å². The Hall–Kier alpha value is -3.09. The maximum atomic E-state index is 12.9. The van der Waals surface area contributed by atoms with E-state index >= 15 is 0 Å². The predicted octanol–water partition coefficient (Wildman–Crippen LogP) is 4.86. The van der Waals surface area contributed by atoms with Gasteiger partial charge in [-0.15, -0.1) is 0 Å². The lowest BCUT2D eigenvalue weighted by Crippen LogP contribution is -2.46. The summed E-state index contributed by atoms with van der Waals surface area (Å²) >= 11 is 0. The van der Waals surface area contributed by atoms with Crippen molar-refractivity contribution in [2.75, 3.05) is 5.32 Å². The van der Waals surface area contributed by atoms with Crippen molar-refractivity contribution < 1.29 is 18.7 Å². The quantitative estimate of drug-likeness (QED) is 0.693. The number of nitrogens with zero attached hydrogens (tertiary/aromatic N) is 1. The molecule has 29 heavy (non-hydrogen) atoms. The van der Waals surface area contributed by atoms with E-state index in [4.69, 9.17) is 9.15 Å². The lowest BCUT2D eigenvalue weighted by molar-refractivity contribution is -0.118. The van der Waals surface area contributed by atoms with Crippen molar-refractivity contribution in [3.63, 3.8) is 0 Å². The molecule has 2 rings (SSSR count). The highest BCUT2D eigenvalue weighted by Crippen LogP contribution is 2.26. The molecule has 0 aliphatic carbocycles. The van der Waals surface area contributed by atoms with E-state index in [2.05, 4.69) is 22.2 Å². The standard InChI is InChI=1S/C22H29N3O4/c1-7-15-11-16(19-12-23-13-28-19)8-9-17(15)24-20(26)18(10-14(2)3)25-21(27)29-22(4,5)6/h7-9,11-14,18H,1,10H2,2-6H3,(H,24,26)(H,25,27)/t18-/m1/s1. The van der Waals surface area contributed by atoms with Gasteiger partial charge in [-0.2, -0.15) is 0 Å². The summed E-state index contributed by atoms with van der Waals surface area (Å²) in [5.41, 5.74) is 1.50. The van der Waals surface area contributed by atoms with Gasteiger partial charge in [0.2, 0.25) is 5.91 Å². The molecule has 2 aromatic rings. The van der Waals surface area contributed by atoms with Gasteiger partial charge in [0, 0.05) is 11.3 Å². The molecule has 0 spiro atoms. The highest BCUT2D eigenvalue weighted by atomic mass is 16.6. The Morgan fingerprint density at radius 1 is 1.31 bits per heavy atom. The molecular weight excluding hydrogens is 370 g/mol. The largest absolute Gasteiger partial charge is 0.444 e. The molecule has 0 saturated heterocycles. The van der Waals surface area contributed by atoms with E-state index < -0.39 is 17.7 Å². The van der Waals surface area contributed by atoms with Crippen LogP contribution in [0.3, 0.4) is 0 Å². The van der Waals surface area contributed by atoms with Crippen molar-refractivity contribution in [1.82, 2.24) is 10.3 Å². The van der Waals surface area contributed by atoms with Gasteiger partial charge in [-0.1, -0.05) is 26.5 Å². The van der Waals surface area contributed by atoms with E-state index in [1.54, 1.807) is 39.1 Å². The molecule has 7 nitrogen and oxygen atoms in total. The van der Waals surface area contributed by atoms with Gasteiger partial charge in [0.25, 0.3) is 0 Å². The van der Waals surface area contributed by atoms with Crippen molar-refractivity contribution in [1.29, 1.82) is 0 Å². The highest BCUT2D eigenvalue weighted by Gasteiger charge is 2.25. The fourth-order valence-electron chi connectivity index (χ4n) is 2.73. The van der Waals surface area contributed by atoms with E-state index in [-0.39, 0.29) is 11.8 Å². The van der Waals surface area contributed by atoms with Gasteiger partial charge in [-0.25, -0.2) is 9.78 Å². The number of ether oxygens (including phenoxy) is 1. The van der Waals surface area contributed by atoms with Gasteiger partial charge in [-0.3, -0.25) is 4.79 Å². The van der Waals surface area contributed by atoms with Crippen LogP contribution in [0, 0.1) is 5.92 Å². The first-order chi connectivity index (χ1) is 13.6. The summed E-state index contributed by atoms with van der Waals surface area (Å²) in [7, 11) is 0. The lowest BCUT2D eigenvalue weighted by atomic mass is 10.0. The van der Waals surface area contributed by atoms with Crippen LogP contribution in [0.4, 0.5) is 10.5 Å². The smallest absolute Gasteiger partial charge is 0.408 e. The Kier molecular flexibility index (Phi) is 7.20. The number of aromatic nitrogens is 1. The minimum atomic E-state index is -0.725. The predicted molar refractivity (Wildman–Crippen MR) is 113 cm³/mol. The molecule has 1 aromatic carbocycles. The van der Waals surface area contributed by atoms with Crippen molar-refractivity contribution in [2.24, 2.45) is 5.92 Å². The van der Waals surface area contributed by atoms with Crippen LogP contribution in [-0.4, -0.2) is 28.6 Å². The second kappa shape index (κ2) is 9.41. The molecule has 1 atom stereocenters. The van der Waals surface area contributed by atoms with E-state index in [1.807, 2.05) is 26.0 Å². The Morgan fingerprint density at radius 3 is 2.59 bits per heavy atom. The molecule has 0 bridgehead atoms. The van der Waals surface area contributed by atoms with Crippen LogP contribution in [0.1, 0.15) is 46.6 Å². The SMILES string of the molecule is C=Cc1cc(-c2cnco2)ccc1NC(=O)[C@@H](CC(C)C)NC(=O)OC(C)(C)C. The molecule has 0 saturated carbocycles. The third kappa shape index (κ3) is 6.78. The zero-order valence-corrected chi connectivity index (χ0v) is 17.6. The number of carbonyl (C=O) groups excluding carboxylic acids is 2. The fraction of sp³-hybridized carbons (Fsp3) is 0.409. The van der Waals surface area contributed by atoms with Crippen molar-refractivity contribution >= 4 is 23.8 Å². The number of carbonyl (C=O) groups is 2. The van der Waals surface area contributed by atoms with Crippen LogP contribution in [0.2, 0.25) is 0 Å². The molecule has 2 amide bonds. The number of benzene rings is 1. The molecule has 7 heteroatoms.